The summed E-state index contributed by atoms with van der Waals surface area (Å²) in [5.74, 6) is -0.420. The maximum absolute atomic E-state index is 11.6. The highest BCUT2D eigenvalue weighted by Gasteiger charge is 2.19. The molecule has 0 aliphatic heterocycles. The summed E-state index contributed by atoms with van der Waals surface area (Å²) in [4.78, 5) is 22.1. The summed E-state index contributed by atoms with van der Waals surface area (Å²) in [5.41, 5.74) is 5.46. The number of nitrogens with two attached hydrogens (primary N) is 1. The van der Waals surface area contributed by atoms with Gasteiger partial charge in [0.2, 0.25) is 5.91 Å². The van der Waals surface area contributed by atoms with E-state index in [2.05, 4.69) is 5.32 Å². The second kappa shape index (κ2) is 7.53. The molecule has 132 valence electrons. The molecule has 0 fully saturated rings. The number of benzene rings is 2. The third-order valence-electron chi connectivity index (χ3n) is 3.12. The third-order valence-corrected chi connectivity index (χ3v) is 5.33. The Morgan fingerprint density at radius 3 is 2.52 bits per heavy atom. The standard InChI is InChI=1S/C15H15N3O5S2/c1-25(22,23)10-6-7-11(13(8-10)18(20)21)17-12-4-2-3-5-14(12)24-9-15(16)19/h2-8,17H,9H2,1H3,(H2,16,19). The fraction of sp³-hybridized carbons (Fsp3) is 0.133. The maximum Gasteiger partial charge on any atom is 0.293 e. The van der Waals surface area contributed by atoms with Crippen LogP contribution in [0.5, 0.6) is 0 Å². The molecule has 2 aromatic carbocycles. The van der Waals surface area contributed by atoms with E-state index >= 15 is 0 Å². The van der Waals surface area contributed by atoms with Crippen LogP contribution in [0, 0.1) is 10.1 Å². The molecule has 0 spiro atoms. The van der Waals surface area contributed by atoms with Crippen LogP contribution in [0.1, 0.15) is 0 Å². The van der Waals surface area contributed by atoms with Crippen LogP contribution in [0.4, 0.5) is 17.1 Å². The second-order valence-electron chi connectivity index (χ2n) is 5.08. The van der Waals surface area contributed by atoms with E-state index in [4.69, 9.17) is 5.73 Å². The average molecular weight is 381 g/mol. The number of primary amides is 1. The number of sulfone groups is 1. The van der Waals surface area contributed by atoms with Crippen LogP contribution in [0.3, 0.4) is 0 Å². The Morgan fingerprint density at radius 1 is 1.24 bits per heavy atom. The molecule has 0 aliphatic rings. The largest absolute Gasteiger partial charge is 0.369 e. The first-order valence-electron chi connectivity index (χ1n) is 6.94. The van der Waals surface area contributed by atoms with Crippen LogP contribution in [0.15, 0.2) is 52.3 Å². The Bertz CT molecular complexity index is 929. The van der Waals surface area contributed by atoms with E-state index in [9.17, 15) is 23.3 Å². The van der Waals surface area contributed by atoms with Gasteiger partial charge in [-0.15, -0.1) is 11.8 Å². The SMILES string of the molecule is CS(=O)(=O)c1ccc(Nc2ccccc2SCC(N)=O)c([N+](=O)[O-])c1. The van der Waals surface area contributed by atoms with Crippen molar-refractivity contribution in [1.29, 1.82) is 0 Å². The van der Waals surface area contributed by atoms with E-state index in [0.717, 1.165) is 12.3 Å². The molecule has 25 heavy (non-hydrogen) atoms. The van der Waals surface area contributed by atoms with Gasteiger partial charge in [0.05, 0.1) is 21.3 Å². The molecule has 2 aromatic rings. The molecule has 0 bridgehead atoms. The van der Waals surface area contributed by atoms with Gasteiger partial charge in [0, 0.05) is 17.2 Å². The maximum atomic E-state index is 11.6. The second-order valence-corrected chi connectivity index (χ2v) is 8.12. The summed E-state index contributed by atoms with van der Waals surface area (Å²) >= 11 is 1.19. The Kier molecular flexibility index (Phi) is 5.65. The van der Waals surface area contributed by atoms with Gasteiger partial charge in [-0.25, -0.2) is 8.42 Å². The Balaban J connectivity index is 2.41. The molecule has 2 rings (SSSR count). The first kappa shape index (κ1) is 18.7. The van der Waals surface area contributed by atoms with Crippen molar-refractivity contribution in [2.75, 3.05) is 17.3 Å². The number of hydrogen-bond acceptors (Lipinski definition) is 7. The van der Waals surface area contributed by atoms with Gasteiger partial charge in [0.1, 0.15) is 5.69 Å². The molecule has 0 aliphatic carbocycles. The fourth-order valence-corrected chi connectivity index (χ4v) is 3.38. The molecule has 0 saturated carbocycles. The molecule has 0 unspecified atom stereocenters. The van der Waals surface area contributed by atoms with E-state index in [-0.39, 0.29) is 22.0 Å². The molecule has 0 radical (unpaired) electrons. The van der Waals surface area contributed by atoms with E-state index < -0.39 is 20.7 Å². The zero-order valence-electron chi connectivity index (χ0n) is 13.1. The van der Waals surface area contributed by atoms with Crippen molar-refractivity contribution in [3.05, 3.63) is 52.6 Å². The molecule has 10 heteroatoms. The highest BCUT2D eigenvalue weighted by atomic mass is 32.2. The lowest BCUT2D eigenvalue weighted by molar-refractivity contribution is -0.384. The molecule has 0 atom stereocenters. The molecule has 1 amide bonds. The summed E-state index contributed by atoms with van der Waals surface area (Å²) in [6, 6.07) is 10.6. The fourth-order valence-electron chi connectivity index (χ4n) is 1.99. The zero-order valence-corrected chi connectivity index (χ0v) is 14.8. The van der Waals surface area contributed by atoms with Crippen LogP contribution in [0.25, 0.3) is 0 Å². The number of thioether (sulfide) groups is 1. The molecular formula is C15H15N3O5S2. The summed E-state index contributed by atoms with van der Waals surface area (Å²) in [6.07, 6.45) is 0.981. The Morgan fingerprint density at radius 2 is 1.92 bits per heavy atom. The minimum absolute atomic E-state index is 0.0633. The van der Waals surface area contributed by atoms with Gasteiger partial charge < -0.3 is 11.1 Å². The summed E-state index contributed by atoms with van der Waals surface area (Å²) in [7, 11) is -3.56. The van der Waals surface area contributed by atoms with Crippen molar-refractivity contribution in [3.8, 4) is 0 Å². The Hall–Kier alpha value is -2.59. The smallest absolute Gasteiger partial charge is 0.293 e. The lowest BCUT2D eigenvalue weighted by Gasteiger charge is -2.12. The number of anilines is 2. The number of nitrogens with zero attached hydrogens (tertiary/aromatic N) is 1. The van der Waals surface area contributed by atoms with E-state index in [1.807, 2.05) is 0 Å². The first-order chi connectivity index (χ1) is 11.7. The number of nitro groups is 1. The molecule has 0 heterocycles. The first-order valence-corrected chi connectivity index (χ1v) is 9.82. The van der Waals surface area contributed by atoms with Gasteiger partial charge in [-0.2, -0.15) is 0 Å². The molecule has 0 aromatic heterocycles. The van der Waals surface area contributed by atoms with Crippen molar-refractivity contribution >= 4 is 44.6 Å². The minimum Gasteiger partial charge on any atom is -0.369 e. The number of nitrogens with one attached hydrogen (secondary N) is 1. The van der Waals surface area contributed by atoms with Crippen LogP contribution in [0.2, 0.25) is 0 Å². The molecule has 3 N–H and O–H groups in total. The number of para-hydroxylation sites is 1. The number of rotatable bonds is 7. The van der Waals surface area contributed by atoms with Gasteiger partial charge in [0.15, 0.2) is 9.84 Å². The quantitative estimate of drug-likeness (QED) is 0.427. The lowest BCUT2D eigenvalue weighted by atomic mass is 10.2. The number of nitro benzene ring substituents is 1. The van der Waals surface area contributed by atoms with Crippen LogP contribution >= 0.6 is 11.8 Å². The van der Waals surface area contributed by atoms with Gasteiger partial charge >= 0.3 is 0 Å². The highest BCUT2D eigenvalue weighted by Crippen LogP contribution is 2.34. The monoisotopic (exact) mass is 381 g/mol. The lowest BCUT2D eigenvalue weighted by Crippen LogP contribution is -2.13. The van der Waals surface area contributed by atoms with E-state index in [1.54, 1.807) is 24.3 Å². The van der Waals surface area contributed by atoms with E-state index in [0.29, 0.717) is 10.6 Å². The predicted molar refractivity (Wildman–Crippen MR) is 95.8 cm³/mol. The van der Waals surface area contributed by atoms with Gasteiger partial charge in [-0.05, 0) is 24.3 Å². The molecule has 8 nitrogen and oxygen atoms in total. The van der Waals surface area contributed by atoms with Crippen molar-refractivity contribution in [2.24, 2.45) is 5.73 Å². The van der Waals surface area contributed by atoms with Crippen molar-refractivity contribution in [2.45, 2.75) is 9.79 Å². The van der Waals surface area contributed by atoms with E-state index in [1.165, 1.54) is 23.9 Å². The van der Waals surface area contributed by atoms with Crippen molar-refractivity contribution in [1.82, 2.24) is 0 Å². The third kappa shape index (κ3) is 4.94. The minimum atomic E-state index is -3.56. The predicted octanol–water partition coefficient (Wildman–Crippen LogP) is 2.32. The topological polar surface area (TPSA) is 132 Å². The Labute approximate surface area is 148 Å². The number of carbonyl (C=O) groups is 1. The number of carbonyl (C=O) groups excluding carboxylic acids is 1. The van der Waals surface area contributed by atoms with Gasteiger partial charge in [0.25, 0.3) is 5.69 Å². The van der Waals surface area contributed by atoms with Crippen molar-refractivity contribution in [3.63, 3.8) is 0 Å². The van der Waals surface area contributed by atoms with Crippen molar-refractivity contribution < 1.29 is 18.1 Å². The van der Waals surface area contributed by atoms with Gasteiger partial charge in [-0.1, -0.05) is 12.1 Å². The van der Waals surface area contributed by atoms with Crippen LogP contribution < -0.4 is 11.1 Å². The van der Waals surface area contributed by atoms with Gasteiger partial charge in [-0.3, -0.25) is 14.9 Å². The van der Waals surface area contributed by atoms with Crippen LogP contribution in [-0.4, -0.2) is 31.3 Å². The van der Waals surface area contributed by atoms with Crippen LogP contribution in [-0.2, 0) is 14.6 Å². The number of hydrogen-bond donors (Lipinski definition) is 2. The number of amides is 1. The average Bonchev–Trinajstić information content (AvgIpc) is 2.53. The summed E-state index contributed by atoms with van der Waals surface area (Å²) in [5, 5.41) is 14.2. The molecular weight excluding hydrogens is 366 g/mol. The normalized spacial score (nSPS) is 11.1. The summed E-state index contributed by atoms with van der Waals surface area (Å²) < 4.78 is 23.2. The highest BCUT2D eigenvalue weighted by molar-refractivity contribution is 8.00. The zero-order chi connectivity index (χ0) is 18.6. The molecule has 0 saturated heterocycles. The summed E-state index contributed by atoms with van der Waals surface area (Å²) in [6.45, 7) is 0.